The van der Waals surface area contributed by atoms with Crippen molar-refractivity contribution < 1.29 is 24.6 Å². The Morgan fingerprint density at radius 2 is 1.81 bits per heavy atom. The van der Waals surface area contributed by atoms with E-state index in [9.17, 15) is 19.5 Å². The second-order valence-corrected chi connectivity index (χ2v) is 6.78. The van der Waals surface area contributed by atoms with Crippen LogP contribution in [-0.4, -0.2) is 45.5 Å². The number of hydrogen-bond acceptors (Lipinski definition) is 5. The third kappa shape index (κ3) is 2.96. The van der Waals surface area contributed by atoms with E-state index in [1.807, 2.05) is 23.1 Å². The third-order valence-electron chi connectivity index (χ3n) is 5.19. The van der Waals surface area contributed by atoms with Gasteiger partial charge in [-0.3, -0.25) is 14.5 Å². The molecule has 2 N–H and O–H groups in total. The van der Waals surface area contributed by atoms with Crippen LogP contribution >= 0.6 is 0 Å². The maximum atomic E-state index is 12.9. The van der Waals surface area contributed by atoms with E-state index in [0.29, 0.717) is 13.1 Å². The van der Waals surface area contributed by atoms with Gasteiger partial charge in [0.1, 0.15) is 11.3 Å². The number of amides is 2. The monoisotopic (exact) mass is 366 g/mol. The van der Waals surface area contributed by atoms with Crippen LogP contribution in [0.1, 0.15) is 27.9 Å². The molecule has 0 aliphatic carbocycles. The van der Waals surface area contributed by atoms with Crippen LogP contribution in [0, 0.1) is 0 Å². The molecule has 0 spiro atoms. The van der Waals surface area contributed by atoms with Crippen molar-refractivity contribution >= 4 is 23.5 Å². The number of carbonyl (C=O) groups is 3. The van der Waals surface area contributed by atoms with Gasteiger partial charge < -0.3 is 10.2 Å². The second kappa shape index (κ2) is 6.51. The smallest absolute Gasteiger partial charge is 0.339 e. The van der Waals surface area contributed by atoms with Crippen LogP contribution in [0.3, 0.4) is 0 Å². The van der Waals surface area contributed by atoms with Crippen molar-refractivity contribution in [2.75, 3.05) is 11.4 Å². The summed E-state index contributed by atoms with van der Waals surface area (Å²) >= 11 is 0. The summed E-state index contributed by atoms with van der Waals surface area (Å²) < 4.78 is 0. The van der Waals surface area contributed by atoms with Crippen LogP contribution in [0.5, 0.6) is 5.75 Å². The Hall–Kier alpha value is -3.19. The first-order valence-corrected chi connectivity index (χ1v) is 8.69. The van der Waals surface area contributed by atoms with Gasteiger partial charge in [-0.05, 0) is 29.7 Å². The minimum Gasteiger partial charge on any atom is -0.507 e. The molecule has 2 aliphatic heterocycles. The molecule has 0 saturated carbocycles. The number of benzene rings is 2. The maximum absolute atomic E-state index is 12.9. The fraction of sp³-hybridized carbons (Fsp3) is 0.250. The predicted octanol–water partition coefficient (Wildman–Crippen LogP) is 1.78. The van der Waals surface area contributed by atoms with Gasteiger partial charge in [-0.2, -0.15) is 0 Å². The summed E-state index contributed by atoms with van der Waals surface area (Å²) in [6.45, 7) is 1.30. The molecule has 2 heterocycles. The van der Waals surface area contributed by atoms with Crippen molar-refractivity contribution in [3.05, 3.63) is 59.2 Å². The molecule has 2 aromatic carbocycles. The summed E-state index contributed by atoms with van der Waals surface area (Å²) in [6.07, 6.45) is 0.894. The van der Waals surface area contributed by atoms with Crippen molar-refractivity contribution in [3.8, 4) is 5.75 Å². The fourth-order valence-electron chi connectivity index (χ4n) is 3.80. The Labute approximate surface area is 155 Å². The third-order valence-corrected chi connectivity index (χ3v) is 5.19. The average Bonchev–Trinajstić information content (AvgIpc) is 2.95. The van der Waals surface area contributed by atoms with E-state index in [0.717, 1.165) is 23.0 Å². The molecule has 2 aliphatic rings. The van der Waals surface area contributed by atoms with Crippen LogP contribution in [0.2, 0.25) is 0 Å². The molecule has 1 saturated heterocycles. The summed E-state index contributed by atoms with van der Waals surface area (Å²) in [6, 6.07) is 11.2. The molecule has 0 radical (unpaired) electrons. The number of imide groups is 1. The van der Waals surface area contributed by atoms with Gasteiger partial charge in [-0.1, -0.05) is 24.3 Å². The quantitative estimate of drug-likeness (QED) is 0.804. The lowest BCUT2D eigenvalue weighted by molar-refractivity contribution is -0.123. The summed E-state index contributed by atoms with van der Waals surface area (Å²) in [5, 5.41) is 18.9. The lowest BCUT2D eigenvalue weighted by atomic mass is 9.98. The van der Waals surface area contributed by atoms with E-state index in [4.69, 9.17) is 5.11 Å². The first-order chi connectivity index (χ1) is 13.0. The van der Waals surface area contributed by atoms with Crippen LogP contribution < -0.4 is 4.90 Å². The normalized spacial score (nSPS) is 20.0. The number of carboxylic acids is 1. The van der Waals surface area contributed by atoms with Crippen molar-refractivity contribution in [3.63, 3.8) is 0 Å². The second-order valence-electron chi connectivity index (χ2n) is 6.78. The Morgan fingerprint density at radius 1 is 1.07 bits per heavy atom. The number of hydrogen-bond donors (Lipinski definition) is 2. The SMILES string of the molecule is O=C(O)c1ccc(N2C(=O)CC(N3CCc4ccccc4C3)C2=O)cc1O. The van der Waals surface area contributed by atoms with Crippen molar-refractivity contribution in [2.24, 2.45) is 0 Å². The molecule has 4 rings (SSSR count). The van der Waals surface area contributed by atoms with E-state index >= 15 is 0 Å². The lowest BCUT2D eigenvalue weighted by Gasteiger charge is -2.32. The molecule has 0 bridgehead atoms. The number of fused-ring (bicyclic) bond motifs is 1. The van der Waals surface area contributed by atoms with Gasteiger partial charge >= 0.3 is 5.97 Å². The van der Waals surface area contributed by atoms with Crippen LogP contribution in [0.15, 0.2) is 42.5 Å². The van der Waals surface area contributed by atoms with Crippen LogP contribution in [-0.2, 0) is 22.6 Å². The molecular weight excluding hydrogens is 348 g/mol. The number of anilines is 1. The number of aromatic carboxylic acids is 1. The molecule has 0 aromatic heterocycles. The number of carboxylic acid groups (broad SMARTS) is 1. The zero-order valence-electron chi connectivity index (χ0n) is 14.5. The largest absolute Gasteiger partial charge is 0.507 e. The van der Waals surface area contributed by atoms with Gasteiger partial charge in [-0.25, -0.2) is 9.69 Å². The fourth-order valence-corrected chi connectivity index (χ4v) is 3.80. The Balaban J connectivity index is 1.58. The Morgan fingerprint density at radius 3 is 2.52 bits per heavy atom. The highest BCUT2D eigenvalue weighted by atomic mass is 16.4. The molecule has 2 aromatic rings. The number of phenols is 1. The molecular formula is C20H18N2O5. The van der Waals surface area contributed by atoms with E-state index in [1.165, 1.54) is 17.7 Å². The number of nitrogens with zero attached hydrogens (tertiary/aromatic N) is 2. The molecule has 7 heteroatoms. The van der Waals surface area contributed by atoms with Gasteiger partial charge in [-0.15, -0.1) is 0 Å². The van der Waals surface area contributed by atoms with Crippen molar-refractivity contribution in [2.45, 2.75) is 25.4 Å². The number of aromatic hydroxyl groups is 1. The summed E-state index contributed by atoms with van der Waals surface area (Å²) in [4.78, 5) is 39.5. The Bertz CT molecular complexity index is 955. The lowest BCUT2D eigenvalue weighted by Crippen LogP contribution is -2.44. The molecule has 1 atom stereocenters. The molecule has 27 heavy (non-hydrogen) atoms. The Kier molecular flexibility index (Phi) is 4.16. The zero-order valence-corrected chi connectivity index (χ0v) is 14.5. The summed E-state index contributed by atoms with van der Waals surface area (Å²) in [5.41, 5.74) is 2.33. The first kappa shape index (κ1) is 17.2. The average molecular weight is 366 g/mol. The minimum atomic E-state index is -1.28. The van der Waals surface area contributed by atoms with Crippen LogP contribution in [0.25, 0.3) is 0 Å². The summed E-state index contributed by atoms with van der Waals surface area (Å²) in [5.74, 6) is -2.45. The zero-order chi connectivity index (χ0) is 19.1. The highest BCUT2D eigenvalue weighted by Gasteiger charge is 2.43. The molecule has 138 valence electrons. The molecule has 1 unspecified atom stereocenters. The van der Waals surface area contributed by atoms with E-state index in [2.05, 4.69) is 6.07 Å². The molecule has 7 nitrogen and oxygen atoms in total. The van der Waals surface area contributed by atoms with Gasteiger partial charge in [0.05, 0.1) is 18.2 Å². The first-order valence-electron chi connectivity index (χ1n) is 8.69. The molecule has 1 fully saturated rings. The maximum Gasteiger partial charge on any atom is 0.339 e. The van der Waals surface area contributed by atoms with E-state index in [1.54, 1.807) is 0 Å². The predicted molar refractivity (Wildman–Crippen MR) is 96.5 cm³/mol. The minimum absolute atomic E-state index is 0.0719. The van der Waals surface area contributed by atoms with Crippen molar-refractivity contribution in [1.29, 1.82) is 0 Å². The molecule has 2 amide bonds. The van der Waals surface area contributed by atoms with Crippen LogP contribution in [0.4, 0.5) is 5.69 Å². The number of rotatable bonds is 3. The standard InChI is InChI=1S/C20H18N2O5/c23-17-9-14(5-6-15(17)20(26)27)22-18(24)10-16(19(22)25)21-8-7-12-3-1-2-4-13(12)11-21/h1-6,9,16,23H,7-8,10-11H2,(H,26,27). The van der Waals surface area contributed by atoms with Gasteiger partial charge in [0.25, 0.3) is 5.91 Å². The van der Waals surface area contributed by atoms with Crippen molar-refractivity contribution in [1.82, 2.24) is 4.90 Å². The highest BCUT2D eigenvalue weighted by Crippen LogP contribution is 2.31. The van der Waals surface area contributed by atoms with E-state index in [-0.39, 0.29) is 29.5 Å². The van der Waals surface area contributed by atoms with E-state index < -0.39 is 17.8 Å². The topological polar surface area (TPSA) is 98.2 Å². The highest BCUT2D eigenvalue weighted by molar-refractivity contribution is 6.22. The van der Waals surface area contributed by atoms with Gasteiger partial charge in [0, 0.05) is 19.2 Å². The summed E-state index contributed by atoms with van der Waals surface area (Å²) in [7, 11) is 0. The number of carbonyl (C=O) groups excluding carboxylic acids is 2. The van der Waals surface area contributed by atoms with Gasteiger partial charge in [0.15, 0.2) is 0 Å². The van der Waals surface area contributed by atoms with Gasteiger partial charge in [0.2, 0.25) is 5.91 Å².